The molecule has 1 fully saturated rings. The normalized spacial score (nSPS) is 18.1. The van der Waals surface area contributed by atoms with E-state index in [0.717, 1.165) is 13.1 Å². The van der Waals surface area contributed by atoms with Crippen molar-refractivity contribution in [3.05, 3.63) is 0 Å². The summed E-state index contributed by atoms with van der Waals surface area (Å²) in [4.78, 5) is 14.2. The second-order valence-electron chi connectivity index (χ2n) is 6.26. The van der Waals surface area contributed by atoms with E-state index in [9.17, 15) is 4.79 Å². The molecule has 1 rings (SSSR count). The summed E-state index contributed by atoms with van der Waals surface area (Å²) in [5, 5.41) is 0. The highest BCUT2D eigenvalue weighted by atomic mass is 16.6. The van der Waals surface area contributed by atoms with Gasteiger partial charge in [-0.1, -0.05) is 26.2 Å². The van der Waals surface area contributed by atoms with Gasteiger partial charge >= 0.3 is 5.97 Å². The Morgan fingerprint density at radius 1 is 1.22 bits per heavy atom. The van der Waals surface area contributed by atoms with Crippen LogP contribution in [-0.4, -0.2) is 35.6 Å². The van der Waals surface area contributed by atoms with Crippen LogP contribution in [0.4, 0.5) is 0 Å². The van der Waals surface area contributed by atoms with Crippen LogP contribution in [-0.2, 0) is 9.53 Å². The number of carbonyl (C=O) groups is 1. The second-order valence-corrected chi connectivity index (χ2v) is 6.26. The van der Waals surface area contributed by atoms with Gasteiger partial charge in [0.05, 0.1) is 6.42 Å². The summed E-state index contributed by atoms with van der Waals surface area (Å²) in [5.74, 6) is -0.0724. The van der Waals surface area contributed by atoms with Crippen molar-refractivity contribution in [2.24, 2.45) is 0 Å². The van der Waals surface area contributed by atoms with Crippen LogP contribution in [0.15, 0.2) is 0 Å². The molecule has 3 heteroatoms. The fourth-order valence-electron chi connectivity index (χ4n) is 2.67. The van der Waals surface area contributed by atoms with E-state index in [0.29, 0.717) is 12.5 Å². The molecular formula is C15H29NO2. The van der Waals surface area contributed by atoms with Gasteiger partial charge in [-0.25, -0.2) is 0 Å². The van der Waals surface area contributed by atoms with Gasteiger partial charge < -0.3 is 9.64 Å². The number of hydrogen-bond acceptors (Lipinski definition) is 3. The average molecular weight is 255 g/mol. The second kappa shape index (κ2) is 7.13. The van der Waals surface area contributed by atoms with Crippen molar-refractivity contribution in [2.45, 2.75) is 77.9 Å². The van der Waals surface area contributed by atoms with E-state index < -0.39 is 0 Å². The molecule has 0 aromatic carbocycles. The predicted molar refractivity (Wildman–Crippen MR) is 74.6 cm³/mol. The van der Waals surface area contributed by atoms with Gasteiger partial charge in [0, 0.05) is 12.6 Å². The van der Waals surface area contributed by atoms with Crippen molar-refractivity contribution in [2.75, 3.05) is 13.1 Å². The van der Waals surface area contributed by atoms with Crippen LogP contribution >= 0.6 is 0 Å². The lowest BCUT2D eigenvalue weighted by molar-refractivity contribution is -0.155. The molecule has 3 nitrogen and oxygen atoms in total. The first-order chi connectivity index (χ1) is 8.42. The number of carbonyl (C=O) groups excluding carboxylic acids is 1. The Labute approximate surface area is 112 Å². The summed E-state index contributed by atoms with van der Waals surface area (Å²) >= 11 is 0. The van der Waals surface area contributed by atoms with Crippen molar-refractivity contribution in [1.82, 2.24) is 4.90 Å². The highest BCUT2D eigenvalue weighted by Gasteiger charge is 2.22. The maximum absolute atomic E-state index is 11.7. The number of ether oxygens (including phenoxy) is 1. The summed E-state index contributed by atoms with van der Waals surface area (Å²) in [6.07, 6.45) is 7.16. The summed E-state index contributed by atoms with van der Waals surface area (Å²) in [6, 6.07) is 0.686. The molecule has 0 bridgehead atoms. The van der Waals surface area contributed by atoms with Gasteiger partial charge in [-0.2, -0.15) is 0 Å². The van der Waals surface area contributed by atoms with Crippen molar-refractivity contribution in [3.63, 3.8) is 0 Å². The first-order valence-electron chi connectivity index (χ1n) is 7.38. The highest BCUT2D eigenvalue weighted by Crippen LogP contribution is 2.22. The summed E-state index contributed by atoms with van der Waals surface area (Å²) in [7, 11) is 0. The molecule has 0 saturated heterocycles. The van der Waals surface area contributed by atoms with Gasteiger partial charge in [0.2, 0.25) is 0 Å². The van der Waals surface area contributed by atoms with E-state index in [1.165, 1.54) is 32.1 Å². The molecule has 0 aromatic rings. The third kappa shape index (κ3) is 5.85. The van der Waals surface area contributed by atoms with Gasteiger partial charge in [-0.05, 0) is 40.2 Å². The minimum absolute atomic E-state index is 0.0724. The molecular weight excluding hydrogens is 226 g/mol. The molecule has 0 aromatic heterocycles. The first kappa shape index (κ1) is 15.5. The minimum atomic E-state index is -0.362. The third-order valence-electron chi connectivity index (χ3n) is 3.52. The molecule has 18 heavy (non-hydrogen) atoms. The van der Waals surface area contributed by atoms with E-state index in [2.05, 4.69) is 11.8 Å². The molecule has 1 saturated carbocycles. The smallest absolute Gasteiger partial charge is 0.307 e. The largest absolute Gasteiger partial charge is 0.460 e. The SMILES string of the molecule is CCN(CCC(=O)OC(C)(C)C)C1CCCCC1. The highest BCUT2D eigenvalue weighted by molar-refractivity contribution is 5.70. The lowest BCUT2D eigenvalue weighted by atomic mass is 9.94. The quantitative estimate of drug-likeness (QED) is 0.705. The zero-order chi connectivity index (χ0) is 13.6. The number of rotatable bonds is 5. The maximum Gasteiger partial charge on any atom is 0.307 e. The first-order valence-corrected chi connectivity index (χ1v) is 7.38. The fourth-order valence-corrected chi connectivity index (χ4v) is 2.67. The van der Waals surface area contributed by atoms with Crippen molar-refractivity contribution >= 4 is 5.97 Å². The van der Waals surface area contributed by atoms with Gasteiger partial charge in [0.15, 0.2) is 0 Å². The van der Waals surface area contributed by atoms with Crippen molar-refractivity contribution in [1.29, 1.82) is 0 Å². The molecule has 0 atom stereocenters. The Bertz CT molecular complexity index is 252. The zero-order valence-electron chi connectivity index (χ0n) is 12.5. The van der Waals surface area contributed by atoms with Gasteiger partial charge in [-0.15, -0.1) is 0 Å². The number of hydrogen-bond donors (Lipinski definition) is 0. The molecule has 0 amide bonds. The summed E-state index contributed by atoms with van der Waals surface area (Å²) in [6.45, 7) is 9.82. The Morgan fingerprint density at radius 2 is 1.83 bits per heavy atom. The lowest BCUT2D eigenvalue weighted by Crippen LogP contribution is -2.38. The van der Waals surface area contributed by atoms with Gasteiger partial charge in [0.25, 0.3) is 0 Å². The number of nitrogens with zero attached hydrogens (tertiary/aromatic N) is 1. The van der Waals surface area contributed by atoms with Crippen molar-refractivity contribution in [3.8, 4) is 0 Å². The molecule has 0 radical (unpaired) electrons. The molecule has 1 aliphatic carbocycles. The van der Waals surface area contributed by atoms with Crippen LogP contribution in [0.25, 0.3) is 0 Å². The van der Waals surface area contributed by atoms with E-state index in [-0.39, 0.29) is 11.6 Å². The Kier molecular flexibility index (Phi) is 6.13. The van der Waals surface area contributed by atoms with Crippen LogP contribution in [0.1, 0.15) is 66.2 Å². The molecule has 0 N–H and O–H groups in total. The summed E-state index contributed by atoms with van der Waals surface area (Å²) < 4.78 is 5.35. The fraction of sp³-hybridized carbons (Fsp3) is 0.933. The Morgan fingerprint density at radius 3 is 2.33 bits per heavy atom. The van der Waals surface area contributed by atoms with Gasteiger partial charge in [0.1, 0.15) is 5.60 Å². The minimum Gasteiger partial charge on any atom is -0.460 e. The van der Waals surface area contributed by atoms with Crippen LogP contribution in [0.3, 0.4) is 0 Å². The van der Waals surface area contributed by atoms with Crippen LogP contribution in [0, 0.1) is 0 Å². The monoisotopic (exact) mass is 255 g/mol. The van der Waals surface area contributed by atoms with Gasteiger partial charge in [-0.3, -0.25) is 4.79 Å². The maximum atomic E-state index is 11.7. The van der Waals surface area contributed by atoms with E-state index in [1.807, 2.05) is 20.8 Å². The van der Waals surface area contributed by atoms with Crippen LogP contribution < -0.4 is 0 Å². The molecule has 0 aliphatic heterocycles. The van der Waals surface area contributed by atoms with E-state index in [4.69, 9.17) is 4.74 Å². The van der Waals surface area contributed by atoms with Crippen LogP contribution in [0.2, 0.25) is 0 Å². The Hall–Kier alpha value is -0.570. The molecule has 0 heterocycles. The number of esters is 1. The third-order valence-corrected chi connectivity index (χ3v) is 3.52. The molecule has 106 valence electrons. The topological polar surface area (TPSA) is 29.5 Å². The average Bonchev–Trinajstić information content (AvgIpc) is 2.29. The molecule has 0 unspecified atom stereocenters. The zero-order valence-corrected chi connectivity index (χ0v) is 12.5. The molecule has 0 spiro atoms. The van der Waals surface area contributed by atoms with E-state index >= 15 is 0 Å². The Balaban J connectivity index is 2.32. The summed E-state index contributed by atoms with van der Waals surface area (Å²) in [5.41, 5.74) is -0.362. The molecule has 1 aliphatic rings. The predicted octanol–water partition coefficient (Wildman–Crippen LogP) is 3.37. The van der Waals surface area contributed by atoms with Crippen LogP contribution in [0.5, 0.6) is 0 Å². The van der Waals surface area contributed by atoms with E-state index in [1.54, 1.807) is 0 Å². The standard InChI is InChI=1S/C15H29NO2/c1-5-16(13-9-7-6-8-10-13)12-11-14(17)18-15(2,3)4/h13H,5-12H2,1-4H3. The lowest BCUT2D eigenvalue weighted by Gasteiger charge is -2.33. The van der Waals surface area contributed by atoms with Crippen molar-refractivity contribution < 1.29 is 9.53 Å².